The minimum Gasteiger partial charge on any atom is -0.298 e. The molecule has 0 aromatic heterocycles. The van der Waals surface area contributed by atoms with Gasteiger partial charge in [0.15, 0.2) is 0 Å². The Bertz CT molecular complexity index is 488. The fraction of sp³-hybridized carbons (Fsp3) is 0.684. The Kier molecular flexibility index (Phi) is 3.75. The van der Waals surface area contributed by atoms with Crippen LogP contribution in [0, 0.1) is 17.8 Å². The van der Waals surface area contributed by atoms with Crippen molar-refractivity contribution in [3.05, 3.63) is 35.9 Å². The second-order valence-corrected chi connectivity index (χ2v) is 7.91. The molecule has 1 nitrogen and oxygen atoms in total. The topological polar surface area (TPSA) is 12.0 Å². The van der Waals surface area contributed by atoms with Gasteiger partial charge in [-0.2, -0.15) is 0 Å². The summed E-state index contributed by atoms with van der Waals surface area (Å²) in [7, 11) is 0. The van der Waals surface area contributed by atoms with E-state index in [0.717, 1.165) is 12.5 Å². The van der Waals surface area contributed by atoms with Gasteiger partial charge in [-0.3, -0.25) is 5.32 Å². The highest BCUT2D eigenvalue weighted by Gasteiger charge is 2.63. The van der Waals surface area contributed by atoms with Crippen molar-refractivity contribution in [1.82, 2.24) is 5.32 Å². The smallest absolute Gasteiger partial charge is 0.100 e. The molecular formula is C19H26ClN. The van der Waals surface area contributed by atoms with E-state index in [4.69, 9.17) is 11.6 Å². The first kappa shape index (κ1) is 14.1. The molecule has 114 valence electrons. The second kappa shape index (κ2) is 5.59. The Morgan fingerprint density at radius 3 is 2.52 bits per heavy atom. The van der Waals surface area contributed by atoms with Gasteiger partial charge in [-0.15, -0.1) is 11.6 Å². The molecule has 0 bridgehead atoms. The summed E-state index contributed by atoms with van der Waals surface area (Å²) < 4.78 is 0. The molecule has 5 unspecified atom stereocenters. The van der Waals surface area contributed by atoms with Gasteiger partial charge in [0, 0.05) is 5.92 Å². The molecule has 1 aromatic carbocycles. The zero-order valence-corrected chi connectivity index (χ0v) is 13.5. The predicted octanol–water partition coefficient (Wildman–Crippen LogP) is 4.92. The van der Waals surface area contributed by atoms with Crippen molar-refractivity contribution in [2.24, 2.45) is 17.8 Å². The van der Waals surface area contributed by atoms with Crippen LogP contribution >= 0.6 is 11.6 Å². The molecule has 0 radical (unpaired) electrons. The number of fused-ring (bicyclic) bond motifs is 4. The summed E-state index contributed by atoms with van der Waals surface area (Å²) in [4.78, 5) is -0.110. The summed E-state index contributed by atoms with van der Waals surface area (Å²) in [5.41, 5.74) is 1.51. The Hall–Kier alpha value is -0.530. The lowest BCUT2D eigenvalue weighted by molar-refractivity contribution is -0.0705. The fourth-order valence-corrected chi connectivity index (χ4v) is 6.10. The molecule has 1 heterocycles. The molecule has 2 aliphatic carbocycles. The van der Waals surface area contributed by atoms with Crippen LogP contribution in [0.2, 0.25) is 0 Å². The molecule has 21 heavy (non-hydrogen) atoms. The van der Waals surface area contributed by atoms with E-state index >= 15 is 0 Å². The van der Waals surface area contributed by atoms with Gasteiger partial charge in [-0.05, 0) is 49.1 Å². The summed E-state index contributed by atoms with van der Waals surface area (Å²) in [6.45, 7) is 1.07. The van der Waals surface area contributed by atoms with E-state index < -0.39 is 0 Å². The minimum absolute atomic E-state index is 0.110. The van der Waals surface area contributed by atoms with Crippen LogP contribution in [0.5, 0.6) is 0 Å². The third-order valence-corrected chi connectivity index (χ3v) is 6.98. The van der Waals surface area contributed by atoms with Gasteiger partial charge in [-0.25, -0.2) is 0 Å². The van der Waals surface area contributed by atoms with Gasteiger partial charge < -0.3 is 0 Å². The van der Waals surface area contributed by atoms with Crippen LogP contribution in [0.15, 0.2) is 30.3 Å². The monoisotopic (exact) mass is 303 g/mol. The maximum Gasteiger partial charge on any atom is 0.100 e. The predicted molar refractivity (Wildman–Crippen MR) is 88.6 cm³/mol. The number of hydrogen-bond acceptors (Lipinski definition) is 1. The van der Waals surface area contributed by atoms with E-state index in [1.807, 2.05) is 0 Å². The Balaban J connectivity index is 1.63. The van der Waals surface area contributed by atoms with Crippen molar-refractivity contribution in [2.75, 3.05) is 6.54 Å². The summed E-state index contributed by atoms with van der Waals surface area (Å²) in [5.74, 6) is 2.85. The molecular weight excluding hydrogens is 278 g/mol. The fourth-order valence-electron chi connectivity index (χ4n) is 5.42. The highest BCUT2D eigenvalue weighted by molar-refractivity contribution is 6.25. The van der Waals surface area contributed by atoms with E-state index in [-0.39, 0.29) is 5.00 Å². The lowest BCUT2D eigenvalue weighted by Gasteiger charge is -2.64. The molecule has 2 saturated carbocycles. The average molecular weight is 304 g/mol. The number of piperidine rings is 1. The van der Waals surface area contributed by atoms with Crippen molar-refractivity contribution in [2.45, 2.75) is 55.9 Å². The van der Waals surface area contributed by atoms with E-state index in [1.54, 1.807) is 0 Å². The van der Waals surface area contributed by atoms with Crippen molar-refractivity contribution >= 4 is 11.6 Å². The van der Waals surface area contributed by atoms with Crippen LogP contribution in [0.4, 0.5) is 0 Å². The summed E-state index contributed by atoms with van der Waals surface area (Å²) >= 11 is 7.14. The Morgan fingerprint density at radius 2 is 1.71 bits per heavy atom. The first-order chi connectivity index (χ1) is 10.3. The lowest BCUT2D eigenvalue weighted by Crippen LogP contribution is -2.70. The molecule has 3 aliphatic rings. The van der Waals surface area contributed by atoms with E-state index in [1.165, 1.54) is 50.5 Å². The van der Waals surface area contributed by atoms with Crippen molar-refractivity contribution in [1.29, 1.82) is 0 Å². The van der Waals surface area contributed by atoms with Crippen LogP contribution in [0.25, 0.3) is 0 Å². The van der Waals surface area contributed by atoms with Gasteiger partial charge in [0.25, 0.3) is 0 Å². The van der Waals surface area contributed by atoms with Gasteiger partial charge >= 0.3 is 0 Å². The molecule has 0 amide bonds. The first-order valence-electron chi connectivity index (χ1n) is 8.79. The van der Waals surface area contributed by atoms with E-state index in [2.05, 4.69) is 35.6 Å². The second-order valence-electron chi connectivity index (χ2n) is 7.29. The quantitative estimate of drug-likeness (QED) is 0.574. The average Bonchev–Trinajstić information content (AvgIpc) is 2.48. The van der Waals surface area contributed by atoms with Crippen molar-refractivity contribution in [3.63, 3.8) is 0 Å². The van der Waals surface area contributed by atoms with E-state index in [9.17, 15) is 0 Å². The zero-order chi connectivity index (χ0) is 14.3. The first-order valence-corrected chi connectivity index (χ1v) is 9.17. The Morgan fingerprint density at radius 1 is 0.952 bits per heavy atom. The summed E-state index contributed by atoms with van der Waals surface area (Å²) in [6.07, 6.45) is 9.59. The van der Waals surface area contributed by atoms with Crippen LogP contribution < -0.4 is 5.32 Å². The number of rotatable bonds is 1. The standard InChI is InChI=1S/C19H26ClN/c20-19-17-11-7-2-1-6-10-16(17)18(19)15(12-13-21-19)14-8-4-3-5-9-14/h3-5,8-9,15-18,21H,1-2,6-7,10-13H2. The molecule has 2 heteroatoms. The van der Waals surface area contributed by atoms with Crippen LogP contribution in [-0.4, -0.2) is 11.5 Å². The lowest BCUT2D eigenvalue weighted by atomic mass is 9.50. The largest absolute Gasteiger partial charge is 0.298 e. The maximum atomic E-state index is 7.14. The van der Waals surface area contributed by atoms with Crippen molar-refractivity contribution in [3.8, 4) is 0 Å². The summed E-state index contributed by atoms with van der Waals surface area (Å²) in [5, 5.41) is 3.71. The number of benzene rings is 1. The molecule has 5 atom stereocenters. The molecule has 1 aromatic rings. The SMILES string of the molecule is ClC12NCCC(c3ccccc3)C1C1CCCCCCC12. The van der Waals surface area contributed by atoms with Gasteiger partial charge in [0.1, 0.15) is 5.00 Å². The normalized spacial score (nSPS) is 42.9. The maximum absolute atomic E-state index is 7.14. The number of halogens is 1. The highest BCUT2D eigenvalue weighted by Crippen LogP contribution is 2.63. The zero-order valence-electron chi connectivity index (χ0n) is 12.7. The van der Waals surface area contributed by atoms with Crippen molar-refractivity contribution < 1.29 is 0 Å². The van der Waals surface area contributed by atoms with Gasteiger partial charge in [0.2, 0.25) is 0 Å². The molecule has 1 N–H and O–H groups in total. The van der Waals surface area contributed by atoms with Gasteiger partial charge in [0.05, 0.1) is 0 Å². The Labute approximate surface area is 133 Å². The molecule has 1 saturated heterocycles. The van der Waals surface area contributed by atoms with Crippen LogP contribution in [0.1, 0.15) is 56.4 Å². The highest BCUT2D eigenvalue weighted by atomic mass is 35.5. The molecule has 0 spiro atoms. The number of nitrogens with one attached hydrogen (secondary N) is 1. The van der Waals surface area contributed by atoms with Gasteiger partial charge in [-0.1, -0.05) is 56.0 Å². The van der Waals surface area contributed by atoms with E-state index in [0.29, 0.717) is 17.8 Å². The molecule has 3 fully saturated rings. The minimum atomic E-state index is -0.110. The van der Waals surface area contributed by atoms with Crippen LogP contribution in [-0.2, 0) is 0 Å². The summed E-state index contributed by atoms with van der Waals surface area (Å²) in [6, 6.07) is 11.1. The third-order valence-electron chi connectivity index (χ3n) is 6.32. The van der Waals surface area contributed by atoms with Crippen LogP contribution in [0.3, 0.4) is 0 Å². The number of alkyl halides is 1. The molecule has 4 rings (SSSR count). The third kappa shape index (κ3) is 2.24. The molecule has 1 aliphatic heterocycles. The number of hydrogen-bond donors (Lipinski definition) is 1.